The fourth-order valence-electron chi connectivity index (χ4n) is 0.122. The van der Waals surface area contributed by atoms with Crippen LogP contribution in [0.25, 0.3) is 0 Å². The van der Waals surface area contributed by atoms with E-state index in [0.717, 1.165) is 0 Å². The molecule has 0 aromatic carbocycles. The Morgan fingerprint density at radius 1 is 1.29 bits per heavy atom. The van der Waals surface area contributed by atoms with Crippen LogP contribution in [0.1, 0.15) is 0 Å². The maximum Gasteiger partial charge on any atom is 0.203 e. The number of aliphatic hydroxyl groups is 3. The molecule has 0 spiro atoms. The van der Waals surface area contributed by atoms with E-state index in [1.165, 1.54) is 0 Å². The van der Waals surface area contributed by atoms with Gasteiger partial charge in [-0.3, -0.25) is 0 Å². The van der Waals surface area contributed by atoms with Gasteiger partial charge in [0.25, 0.3) is 0 Å². The third kappa shape index (κ3) is 2.72. The minimum atomic E-state index is -1.77. The van der Waals surface area contributed by atoms with Crippen LogP contribution >= 0.6 is 0 Å². The Morgan fingerprint density at radius 2 is 1.71 bits per heavy atom. The summed E-state index contributed by atoms with van der Waals surface area (Å²) < 4.78 is 4.21. The molecule has 0 aliphatic rings. The van der Waals surface area contributed by atoms with Gasteiger partial charge in [0.05, 0.1) is 0 Å². The van der Waals surface area contributed by atoms with E-state index in [0.29, 0.717) is 10.5 Å². The molecule has 0 rings (SSSR count). The van der Waals surface area contributed by atoms with Crippen molar-refractivity contribution in [1.82, 2.24) is 0 Å². The zero-order valence-electron chi connectivity index (χ0n) is 3.90. The Balaban J connectivity index is 3.14. The maximum absolute atomic E-state index is 8.25. The van der Waals surface area contributed by atoms with Crippen molar-refractivity contribution in [2.75, 3.05) is 0 Å². The molecule has 7 heavy (non-hydrogen) atoms. The molecule has 0 saturated carbocycles. The molecular weight excluding hydrogens is 116 g/mol. The fraction of sp³-hybridized carbons (Fsp3) is 1.00. The lowest BCUT2D eigenvalue weighted by atomic mass is 10.6. The monoisotopic (exact) mass is 124 g/mol. The molecule has 1 unspecified atom stereocenters. The van der Waals surface area contributed by atoms with Crippen molar-refractivity contribution in [2.45, 2.75) is 12.6 Å². The predicted molar refractivity (Wildman–Crippen MR) is 25.3 cm³/mol. The van der Waals surface area contributed by atoms with Gasteiger partial charge in [0.1, 0.15) is 10.5 Å². The van der Waals surface area contributed by atoms with Crippen molar-refractivity contribution < 1.29 is 19.7 Å². The molecule has 0 fully saturated rings. The van der Waals surface area contributed by atoms with Crippen molar-refractivity contribution >= 4 is 10.5 Å². The standard InChI is InChI=1S/C2H8O4Si/c3-1(4)2(5)6-7/h1-5H,7H3. The van der Waals surface area contributed by atoms with Gasteiger partial charge in [-0.25, -0.2) is 0 Å². The van der Waals surface area contributed by atoms with E-state index in [-0.39, 0.29) is 0 Å². The quantitative estimate of drug-likeness (QED) is 0.269. The van der Waals surface area contributed by atoms with Crippen molar-refractivity contribution in [1.29, 1.82) is 0 Å². The van der Waals surface area contributed by atoms with Crippen LogP contribution in [-0.4, -0.2) is 38.4 Å². The Morgan fingerprint density at radius 3 is 1.71 bits per heavy atom. The SMILES string of the molecule is OC(O)C(O)O[SiH3]. The summed E-state index contributed by atoms with van der Waals surface area (Å²) in [5.41, 5.74) is 0. The second-order valence-corrected chi connectivity index (χ2v) is 1.51. The van der Waals surface area contributed by atoms with Gasteiger partial charge in [0.2, 0.25) is 6.29 Å². The predicted octanol–water partition coefficient (Wildman–Crippen LogP) is -3.09. The lowest BCUT2D eigenvalue weighted by Gasteiger charge is -2.08. The molecule has 0 aromatic rings. The lowest BCUT2D eigenvalue weighted by molar-refractivity contribution is -0.193. The van der Waals surface area contributed by atoms with Crippen molar-refractivity contribution in [2.24, 2.45) is 0 Å². The van der Waals surface area contributed by atoms with E-state index in [1.54, 1.807) is 0 Å². The molecule has 0 bridgehead atoms. The zero-order valence-corrected chi connectivity index (χ0v) is 5.90. The molecular formula is C2H8O4Si. The first-order valence-corrected chi connectivity index (χ1v) is 2.57. The first-order valence-electron chi connectivity index (χ1n) is 1.75. The summed E-state index contributed by atoms with van der Waals surface area (Å²) in [6, 6.07) is 0. The second kappa shape index (κ2) is 3.11. The minimum absolute atomic E-state index is 0.301. The molecule has 0 saturated heterocycles. The normalized spacial score (nSPS) is 15.4. The Kier molecular flexibility index (Phi) is 3.14. The van der Waals surface area contributed by atoms with Gasteiger partial charge in [-0.05, 0) is 0 Å². The minimum Gasteiger partial charge on any atom is -0.400 e. The lowest BCUT2D eigenvalue weighted by Crippen LogP contribution is -2.26. The molecule has 0 aliphatic heterocycles. The third-order valence-corrected chi connectivity index (χ3v) is 0.980. The van der Waals surface area contributed by atoms with Crippen LogP contribution < -0.4 is 0 Å². The van der Waals surface area contributed by atoms with Crippen LogP contribution in [0.2, 0.25) is 0 Å². The van der Waals surface area contributed by atoms with Gasteiger partial charge in [-0.2, -0.15) is 0 Å². The number of hydrogen-bond donors (Lipinski definition) is 3. The van der Waals surface area contributed by atoms with Crippen LogP contribution in [0.4, 0.5) is 0 Å². The topological polar surface area (TPSA) is 69.9 Å². The van der Waals surface area contributed by atoms with E-state index in [9.17, 15) is 0 Å². The van der Waals surface area contributed by atoms with Crippen LogP contribution in [0.5, 0.6) is 0 Å². The second-order valence-electron chi connectivity index (χ2n) is 1.04. The molecule has 0 aliphatic carbocycles. The van der Waals surface area contributed by atoms with Gasteiger partial charge in [0, 0.05) is 0 Å². The fourth-order valence-corrected chi connectivity index (χ4v) is 0.365. The first-order chi connectivity index (χ1) is 3.18. The third-order valence-electron chi connectivity index (χ3n) is 0.497. The summed E-state index contributed by atoms with van der Waals surface area (Å²) in [6.07, 6.45) is -3.19. The van der Waals surface area contributed by atoms with Gasteiger partial charge in [-0.1, -0.05) is 0 Å². The molecule has 0 radical (unpaired) electrons. The molecule has 0 amide bonds. The largest absolute Gasteiger partial charge is 0.400 e. The summed E-state index contributed by atoms with van der Waals surface area (Å²) in [6.45, 7) is 0. The zero-order chi connectivity index (χ0) is 5.86. The number of hydrogen-bond acceptors (Lipinski definition) is 4. The first kappa shape index (κ1) is 7.06. The van der Waals surface area contributed by atoms with Crippen molar-refractivity contribution in [3.05, 3.63) is 0 Å². The molecule has 5 heteroatoms. The highest BCUT2D eigenvalue weighted by molar-refractivity contribution is 5.98. The average molecular weight is 124 g/mol. The van der Waals surface area contributed by atoms with E-state index in [2.05, 4.69) is 4.43 Å². The molecule has 4 nitrogen and oxygen atoms in total. The van der Waals surface area contributed by atoms with Crippen LogP contribution in [-0.2, 0) is 4.43 Å². The number of rotatable bonds is 2. The summed E-state index contributed by atoms with van der Waals surface area (Å²) in [4.78, 5) is 0. The van der Waals surface area contributed by atoms with Gasteiger partial charge in [0.15, 0.2) is 6.29 Å². The van der Waals surface area contributed by atoms with E-state index < -0.39 is 12.6 Å². The van der Waals surface area contributed by atoms with E-state index in [1.807, 2.05) is 0 Å². The maximum atomic E-state index is 8.25. The van der Waals surface area contributed by atoms with Crippen LogP contribution in [0, 0.1) is 0 Å². The highest BCUT2D eigenvalue weighted by atomic mass is 28.2. The average Bonchev–Trinajstić information content (AvgIpc) is 1.65. The van der Waals surface area contributed by atoms with Gasteiger partial charge in [-0.15, -0.1) is 0 Å². The van der Waals surface area contributed by atoms with E-state index in [4.69, 9.17) is 15.3 Å². The molecule has 1 atom stereocenters. The van der Waals surface area contributed by atoms with Gasteiger partial charge < -0.3 is 19.7 Å². The molecule has 0 heterocycles. The van der Waals surface area contributed by atoms with Gasteiger partial charge >= 0.3 is 0 Å². The summed E-state index contributed by atoms with van der Waals surface area (Å²) in [5.74, 6) is 0. The smallest absolute Gasteiger partial charge is 0.203 e. The van der Waals surface area contributed by atoms with Crippen molar-refractivity contribution in [3.63, 3.8) is 0 Å². The molecule has 44 valence electrons. The summed E-state index contributed by atoms with van der Waals surface area (Å²) in [7, 11) is 0.301. The molecule has 3 N–H and O–H groups in total. The Bertz CT molecular complexity index is 47.0. The number of aliphatic hydroxyl groups excluding tert-OH is 2. The highest BCUT2D eigenvalue weighted by Gasteiger charge is 2.07. The van der Waals surface area contributed by atoms with Crippen molar-refractivity contribution in [3.8, 4) is 0 Å². The summed E-state index contributed by atoms with van der Waals surface area (Å²) >= 11 is 0. The Hall–Kier alpha value is 0.0569. The van der Waals surface area contributed by atoms with Crippen LogP contribution in [0.15, 0.2) is 0 Å². The highest BCUT2D eigenvalue weighted by Crippen LogP contribution is 1.85. The molecule has 0 aromatic heterocycles. The van der Waals surface area contributed by atoms with Crippen LogP contribution in [0.3, 0.4) is 0 Å². The summed E-state index contributed by atoms with van der Waals surface area (Å²) in [5, 5.41) is 24.3. The van der Waals surface area contributed by atoms with E-state index >= 15 is 0 Å². The Labute approximate surface area is 43.9 Å².